The van der Waals surface area contributed by atoms with Gasteiger partial charge in [-0.05, 0) is 31.0 Å². The van der Waals surface area contributed by atoms with Gasteiger partial charge in [0.1, 0.15) is 11.6 Å². The third-order valence-corrected chi connectivity index (χ3v) is 4.79. The average Bonchev–Trinajstić information content (AvgIpc) is 2.65. The zero-order chi connectivity index (χ0) is 18.3. The Hall–Kier alpha value is -2.67. The van der Waals surface area contributed by atoms with Crippen LogP contribution >= 0.6 is 0 Å². The highest BCUT2D eigenvalue weighted by Crippen LogP contribution is 2.33. The first-order valence-corrected chi connectivity index (χ1v) is 8.44. The minimum Gasteiger partial charge on any atom is -0.381 e. The van der Waals surface area contributed by atoms with Crippen LogP contribution in [-0.4, -0.2) is 28.0 Å². The number of halogens is 2. The number of rotatable bonds is 2. The quantitative estimate of drug-likeness (QED) is 0.707. The third kappa shape index (κ3) is 2.88. The lowest BCUT2D eigenvalue weighted by molar-refractivity contribution is 0.0845. The van der Waals surface area contributed by atoms with Gasteiger partial charge in [0.25, 0.3) is 5.56 Å². The predicted molar refractivity (Wildman–Crippen MR) is 92.9 cm³/mol. The fourth-order valence-electron chi connectivity index (χ4n) is 3.34. The molecule has 3 aromatic rings. The fraction of sp³-hybridized carbons (Fsp3) is 0.316. The Bertz CT molecular complexity index is 1040. The predicted octanol–water partition coefficient (Wildman–Crippen LogP) is 3.17. The van der Waals surface area contributed by atoms with Gasteiger partial charge in [0.2, 0.25) is 0 Å². The van der Waals surface area contributed by atoms with Crippen molar-refractivity contribution in [1.82, 2.24) is 14.8 Å². The average molecular weight is 357 g/mol. The molecule has 2 aromatic heterocycles. The fourth-order valence-corrected chi connectivity index (χ4v) is 3.34. The van der Waals surface area contributed by atoms with Crippen LogP contribution in [0.4, 0.5) is 8.78 Å². The highest BCUT2D eigenvalue weighted by atomic mass is 19.1. The maximum Gasteiger partial charge on any atom is 0.274 e. The van der Waals surface area contributed by atoms with Crippen LogP contribution in [0.1, 0.15) is 24.5 Å². The topological polar surface area (TPSA) is 57.0 Å². The Kier molecular flexibility index (Phi) is 4.24. The lowest BCUT2D eigenvalue weighted by atomic mass is 9.94. The van der Waals surface area contributed by atoms with Crippen LogP contribution in [-0.2, 0) is 11.8 Å². The van der Waals surface area contributed by atoms with Gasteiger partial charge in [0.15, 0.2) is 0 Å². The molecule has 134 valence electrons. The lowest BCUT2D eigenvalue weighted by Crippen LogP contribution is -2.21. The third-order valence-electron chi connectivity index (χ3n) is 4.79. The van der Waals surface area contributed by atoms with E-state index in [1.54, 1.807) is 13.1 Å². The van der Waals surface area contributed by atoms with Crippen molar-refractivity contribution in [1.29, 1.82) is 0 Å². The first kappa shape index (κ1) is 16.8. The number of hydrogen-bond donors (Lipinski definition) is 0. The van der Waals surface area contributed by atoms with Crippen molar-refractivity contribution < 1.29 is 13.5 Å². The van der Waals surface area contributed by atoms with Crippen LogP contribution in [0.25, 0.3) is 22.0 Å². The summed E-state index contributed by atoms with van der Waals surface area (Å²) in [5, 5.41) is 4.91. The summed E-state index contributed by atoms with van der Waals surface area (Å²) in [6, 6.07) is 5.11. The zero-order valence-corrected chi connectivity index (χ0v) is 14.2. The number of pyridine rings is 1. The molecule has 0 amide bonds. The van der Waals surface area contributed by atoms with Gasteiger partial charge < -0.3 is 4.74 Å². The zero-order valence-electron chi connectivity index (χ0n) is 14.2. The summed E-state index contributed by atoms with van der Waals surface area (Å²) < 4.78 is 34.4. The van der Waals surface area contributed by atoms with E-state index in [0.717, 1.165) is 24.6 Å². The van der Waals surface area contributed by atoms with Gasteiger partial charge in [-0.25, -0.2) is 13.5 Å². The van der Waals surface area contributed by atoms with E-state index in [1.165, 1.54) is 23.0 Å². The molecule has 0 unspecified atom stereocenters. The largest absolute Gasteiger partial charge is 0.381 e. The highest BCUT2D eigenvalue weighted by molar-refractivity contribution is 5.94. The summed E-state index contributed by atoms with van der Waals surface area (Å²) in [6.07, 6.45) is 3.07. The molecular weight excluding hydrogens is 340 g/mol. The summed E-state index contributed by atoms with van der Waals surface area (Å²) in [7, 11) is 1.56. The minimum atomic E-state index is -0.719. The maximum absolute atomic E-state index is 14.4. The molecule has 0 radical (unpaired) electrons. The van der Waals surface area contributed by atoms with Crippen LogP contribution in [0, 0.1) is 11.6 Å². The van der Waals surface area contributed by atoms with Gasteiger partial charge in [0.05, 0.1) is 17.3 Å². The van der Waals surface area contributed by atoms with Gasteiger partial charge >= 0.3 is 0 Å². The summed E-state index contributed by atoms with van der Waals surface area (Å²) >= 11 is 0. The minimum absolute atomic E-state index is 0.133. The van der Waals surface area contributed by atoms with E-state index >= 15 is 0 Å². The number of nitrogens with zero attached hydrogens (tertiary/aromatic N) is 3. The molecule has 26 heavy (non-hydrogen) atoms. The lowest BCUT2D eigenvalue weighted by Gasteiger charge is -2.22. The van der Waals surface area contributed by atoms with Crippen LogP contribution < -0.4 is 5.56 Å². The molecule has 0 saturated carbocycles. The Labute approximate surface area is 148 Å². The number of fused-ring (bicyclic) bond motifs is 1. The molecular formula is C19H17F2N3O2. The van der Waals surface area contributed by atoms with Crippen molar-refractivity contribution in [2.75, 3.05) is 13.2 Å². The number of hydrogen-bond acceptors (Lipinski definition) is 4. The van der Waals surface area contributed by atoms with Crippen LogP contribution in [0.3, 0.4) is 0 Å². The molecule has 0 N–H and O–H groups in total. The van der Waals surface area contributed by atoms with Crippen molar-refractivity contribution in [3.8, 4) is 11.3 Å². The second-order valence-corrected chi connectivity index (χ2v) is 6.44. The van der Waals surface area contributed by atoms with Gasteiger partial charge in [-0.3, -0.25) is 9.78 Å². The molecule has 1 saturated heterocycles. The van der Waals surface area contributed by atoms with Crippen molar-refractivity contribution in [3.05, 3.63) is 58.1 Å². The van der Waals surface area contributed by atoms with E-state index < -0.39 is 11.6 Å². The Balaban J connectivity index is 2.00. The molecule has 0 aliphatic carbocycles. The highest BCUT2D eigenvalue weighted by Gasteiger charge is 2.22. The van der Waals surface area contributed by atoms with E-state index in [0.29, 0.717) is 29.7 Å². The molecule has 0 atom stereocenters. The van der Waals surface area contributed by atoms with Gasteiger partial charge in [-0.15, -0.1) is 0 Å². The van der Waals surface area contributed by atoms with E-state index in [-0.39, 0.29) is 17.0 Å². The molecule has 1 aliphatic rings. The van der Waals surface area contributed by atoms with Crippen molar-refractivity contribution in [2.24, 2.45) is 7.05 Å². The first-order valence-electron chi connectivity index (χ1n) is 8.44. The van der Waals surface area contributed by atoms with Crippen LogP contribution in [0.2, 0.25) is 0 Å². The second kappa shape index (κ2) is 6.57. The van der Waals surface area contributed by atoms with E-state index in [9.17, 15) is 13.6 Å². The molecule has 1 aliphatic heterocycles. The van der Waals surface area contributed by atoms with Crippen molar-refractivity contribution >= 4 is 10.8 Å². The summed E-state index contributed by atoms with van der Waals surface area (Å²) in [4.78, 5) is 17.2. The number of ether oxygens (including phenoxy) is 1. The van der Waals surface area contributed by atoms with E-state index in [1.807, 2.05) is 0 Å². The number of aryl methyl sites for hydroxylation is 1. The van der Waals surface area contributed by atoms with Crippen LogP contribution in [0.5, 0.6) is 0 Å². The normalized spacial score (nSPS) is 15.5. The molecule has 1 aromatic carbocycles. The number of benzene rings is 1. The van der Waals surface area contributed by atoms with Gasteiger partial charge in [0, 0.05) is 48.9 Å². The van der Waals surface area contributed by atoms with Crippen LogP contribution in [0.15, 0.2) is 35.3 Å². The van der Waals surface area contributed by atoms with E-state index in [4.69, 9.17) is 4.74 Å². The van der Waals surface area contributed by atoms with Gasteiger partial charge in [-0.1, -0.05) is 0 Å². The smallest absolute Gasteiger partial charge is 0.274 e. The summed E-state index contributed by atoms with van der Waals surface area (Å²) in [6.45, 7) is 1.25. The summed E-state index contributed by atoms with van der Waals surface area (Å²) in [5.74, 6) is -1.25. The SMILES string of the molecule is Cn1ncc2c(-c3ccc(F)cc3F)nc(C3CCOCC3)cc2c1=O. The van der Waals surface area contributed by atoms with Gasteiger partial charge in [-0.2, -0.15) is 5.10 Å². The summed E-state index contributed by atoms with van der Waals surface area (Å²) in [5.41, 5.74) is 0.914. The molecule has 7 heteroatoms. The first-order chi connectivity index (χ1) is 12.5. The Morgan fingerprint density at radius 3 is 2.65 bits per heavy atom. The Morgan fingerprint density at radius 2 is 1.92 bits per heavy atom. The standard InChI is InChI=1S/C19H17F2N3O2/c1-24-19(25)14-9-17(11-4-6-26-7-5-11)23-18(15(14)10-22-24)13-3-2-12(20)8-16(13)21/h2-3,8-11H,4-7H2,1H3. The molecule has 4 rings (SSSR count). The second-order valence-electron chi connectivity index (χ2n) is 6.44. The van der Waals surface area contributed by atoms with Crippen molar-refractivity contribution in [2.45, 2.75) is 18.8 Å². The number of aromatic nitrogens is 3. The Morgan fingerprint density at radius 1 is 1.15 bits per heavy atom. The molecule has 5 nitrogen and oxygen atoms in total. The molecule has 0 bridgehead atoms. The van der Waals surface area contributed by atoms with Crippen molar-refractivity contribution in [3.63, 3.8) is 0 Å². The maximum atomic E-state index is 14.4. The molecule has 3 heterocycles. The monoisotopic (exact) mass is 357 g/mol. The molecule has 1 fully saturated rings. The van der Waals surface area contributed by atoms with E-state index in [2.05, 4.69) is 10.1 Å². The molecule has 0 spiro atoms.